The second kappa shape index (κ2) is 6.71. The fourth-order valence-electron chi connectivity index (χ4n) is 0.859. The summed E-state index contributed by atoms with van der Waals surface area (Å²) >= 11 is 1.12. The lowest BCUT2D eigenvalue weighted by molar-refractivity contribution is -0.133. The van der Waals surface area contributed by atoms with Gasteiger partial charge in [-0.05, 0) is 11.8 Å². The van der Waals surface area contributed by atoms with Gasteiger partial charge >= 0.3 is 5.97 Å². The van der Waals surface area contributed by atoms with Gasteiger partial charge in [-0.3, -0.25) is 9.59 Å². The molecule has 4 nitrogen and oxygen atoms in total. The fourth-order valence-corrected chi connectivity index (χ4v) is 1.42. The normalized spacial score (nSPS) is 11.1. The molecule has 15 heavy (non-hydrogen) atoms. The van der Waals surface area contributed by atoms with Crippen LogP contribution in [0.25, 0.3) is 0 Å². The van der Waals surface area contributed by atoms with Crippen LogP contribution in [0.1, 0.15) is 27.2 Å². The smallest absolute Gasteiger partial charge is 0.313 e. The van der Waals surface area contributed by atoms with Gasteiger partial charge in [0.15, 0.2) is 0 Å². The van der Waals surface area contributed by atoms with E-state index in [4.69, 9.17) is 5.11 Å². The summed E-state index contributed by atoms with van der Waals surface area (Å²) in [5.74, 6) is -0.781. The zero-order chi connectivity index (χ0) is 11.9. The first-order valence-corrected chi connectivity index (χ1v) is 6.03. The van der Waals surface area contributed by atoms with E-state index in [0.717, 1.165) is 18.2 Å². The quantitative estimate of drug-likeness (QED) is 0.727. The number of carboxylic acid groups (broad SMARTS) is 1. The van der Waals surface area contributed by atoms with E-state index in [1.807, 2.05) is 0 Å². The number of amides is 1. The molecule has 0 aromatic carbocycles. The van der Waals surface area contributed by atoms with Crippen LogP contribution in [-0.2, 0) is 9.59 Å². The predicted octanol–water partition coefficient (Wildman–Crippen LogP) is 1.36. The monoisotopic (exact) mass is 233 g/mol. The van der Waals surface area contributed by atoms with E-state index < -0.39 is 5.97 Å². The van der Waals surface area contributed by atoms with Crippen molar-refractivity contribution >= 4 is 23.6 Å². The Balaban J connectivity index is 3.46. The fraction of sp³-hybridized carbons (Fsp3) is 0.800. The van der Waals surface area contributed by atoms with Crippen LogP contribution in [-0.4, -0.2) is 35.0 Å². The zero-order valence-corrected chi connectivity index (χ0v) is 10.3. The van der Waals surface area contributed by atoms with Gasteiger partial charge < -0.3 is 10.4 Å². The van der Waals surface area contributed by atoms with Gasteiger partial charge in [-0.2, -0.15) is 0 Å². The molecule has 0 aromatic heterocycles. The number of carboxylic acids is 1. The maximum Gasteiger partial charge on any atom is 0.313 e. The van der Waals surface area contributed by atoms with E-state index in [1.54, 1.807) is 0 Å². The van der Waals surface area contributed by atoms with E-state index in [1.165, 1.54) is 0 Å². The Morgan fingerprint density at radius 2 is 1.87 bits per heavy atom. The van der Waals surface area contributed by atoms with Crippen molar-refractivity contribution in [2.75, 3.05) is 18.1 Å². The van der Waals surface area contributed by atoms with Crippen molar-refractivity contribution in [1.29, 1.82) is 0 Å². The molecular formula is C10H19NO3S. The maximum absolute atomic E-state index is 11.2. The van der Waals surface area contributed by atoms with Crippen LogP contribution in [0, 0.1) is 5.41 Å². The summed E-state index contributed by atoms with van der Waals surface area (Å²) in [4.78, 5) is 21.4. The molecule has 0 spiro atoms. The van der Waals surface area contributed by atoms with E-state index in [0.29, 0.717) is 6.54 Å². The van der Waals surface area contributed by atoms with Crippen molar-refractivity contribution in [3.05, 3.63) is 0 Å². The number of hydrogen-bond acceptors (Lipinski definition) is 3. The van der Waals surface area contributed by atoms with Crippen molar-refractivity contribution in [2.24, 2.45) is 5.41 Å². The van der Waals surface area contributed by atoms with Gasteiger partial charge in [0.25, 0.3) is 0 Å². The van der Waals surface area contributed by atoms with Crippen LogP contribution < -0.4 is 5.32 Å². The Morgan fingerprint density at radius 1 is 1.27 bits per heavy atom. The minimum atomic E-state index is -0.887. The summed E-state index contributed by atoms with van der Waals surface area (Å²) < 4.78 is 0. The van der Waals surface area contributed by atoms with Crippen LogP contribution in [0.15, 0.2) is 0 Å². The van der Waals surface area contributed by atoms with Gasteiger partial charge in [0.05, 0.1) is 11.5 Å². The number of carbonyl (C=O) groups excluding carboxylic acids is 1. The third-order valence-corrected chi connectivity index (χ3v) is 2.57. The molecule has 0 aliphatic carbocycles. The third kappa shape index (κ3) is 11.2. The number of nitrogens with one attached hydrogen (secondary N) is 1. The van der Waals surface area contributed by atoms with Crippen LogP contribution in [0.4, 0.5) is 0 Å². The Labute approximate surface area is 94.8 Å². The highest BCUT2D eigenvalue weighted by Crippen LogP contribution is 2.16. The SMILES string of the molecule is CC(C)(C)CCNC(=O)CSCC(=O)O. The molecule has 0 saturated carbocycles. The lowest BCUT2D eigenvalue weighted by Crippen LogP contribution is -2.28. The number of aliphatic carboxylic acids is 1. The molecule has 2 N–H and O–H groups in total. The van der Waals surface area contributed by atoms with Crippen LogP contribution in [0.5, 0.6) is 0 Å². The molecule has 0 bridgehead atoms. The Kier molecular flexibility index (Phi) is 6.40. The Bertz CT molecular complexity index is 223. The number of carbonyl (C=O) groups is 2. The van der Waals surface area contributed by atoms with Crippen LogP contribution in [0.2, 0.25) is 0 Å². The van der Waals surface area contributed by atoms with Gasteiger partial charge in [-0.25, -0.2) is 0 Å². The van der Waals surface area contributed by atoms with E-state index in [2.05, 4.69) is 26.1 Å². The van der Waals surface area contributed by atoms with Crippen molar-refractivity contribution in [1.82, 2.24) is 5.32 Å². The maximum atomic E-state index is 11.2. The molecule has 5 heteroatoms. The minimum absolute atomic E-state index is 0.0211. The highest BCUT2D eigenvalue weighted by molar-refractivity contribution is 8.00. The van der Waals surface area contributed by atoms with Crippen molar-refractivity contribution in [2.45, 2.75) is 27.2 Å². The highest BCUT2D eigenvalue weighted by Gasteiger charge is 2.10. The highest BCUT2D eigenvalue weighted by atomic mass is 32.2. The third-order valence-electron chi connectivity index (χ3n) is 1.66. The van der Waals surface area contributed by atoms with Crippen molar-refractivity contribution < 1.29 is 14.7 Å². The van der Waals surface area contributed by atoms with Crippen molar-refractivity contribution in [3.8, 4) is 0 Å². The lowest BCUT2D eigenvalue weighted by atomic mass is 9.92. The lowest BCUT2D eigenvalue weighted by Gasteiger charge is -2.17. The molecular weight excluding hydrogens is 214 g/mol. The number of thioether (sulfide) groups is 1. The van der Waals surface area contributed by atoms with E-state index in [9.17, 15) is 9.59 Å². The van der Waals surface area contributed by atoms with Gasteiger partial charge in [-0.1, -0.05) is 20.8 Å². The van der Waals surface area contributed by atoms with Gasteiger partial charge in [0.2, 0.25) is 5.91 Å². The van der Waals surface area contributed by atoms with Crippen LogP contribution >= 0.6 is 11.8 Å². The molecule has 0 rings (SSSR count). The molecule has 0 fully saturated rings. The average molecular weight is 233 g/mol. The molecule has 0 heterocycles. The minimum Gasteiger partial charge on any atom is -0.481 e. The molecule has 0 aliphatic heterocycles. The molecule has 0 radical (unpaired) electrons. The summed E-state index contributed by atoms with van der Waals surface area (Å²) in [5, 5.41) is 11.1. The standard InChI is InChI=1S/C10H19NO3S/c1-10(2,3)4-5-11-8(12)6-15-7-9(13)14/h4-7H2,1-3H3,(H,11,12)(H,13,14). The molecule has 88 valence electrons. The number of rotatable bonds is 6. The second-order valence-corrected chi connectivity index (χ2v) is 5.53. The molecule has 0 aliphatic rings. The van der Waals surface area contributed by atoms with Gasteiger partial charge in [-0.15, -0.1) is 11.8 Å². The summed E-state index contributed by atoms with van der Waals surface area (Å²) in [6, 6.07) is 0. The second-order valence-electron chi connectivity index (χ2n) is 4.55. The summed E-state index contributed by atoms with van der Waals surface area (Å²) in [7, 11) is 0. The largest absolute Gasteiger partial charge is 0.481 e. The molecule has 1 amide bonds. The van der Waals surface area contributed by atoms with E-state index >= 15 is 0 Å². The van der Waals surface area contributed by atoms with E-state index in [-0.39, 0.29) is 22.8 Å². The summed E-state index contributed by atoms with van der Waals surface area (Å²) in [6.07, 6.45) is 0.919. The van der Waals surface area contributed by atoms with Gasteiger partial charge in [0, 0.05) is 6.54 Å². The Morgan fingerprint density at radius 3 is 2.33 bits per heavy atom. The van der Waals surface area contributed by atoms with Gasteiger partial charge in [0.1, 0.15) is 0 Å². The summed E-state index contributed by atoms with van der Waals surface area (Å²) in [6.45, 7) is 6.98. The molecule has 0 saturated heterocycles. The first kappa shape index (κ1) is 14.3. The summed E-state index contributed by atoms with van der Waals surface area (Å²) in [5.41, 5.74) is 0.210. The first-order valence-electron chi connectivity index (χ1n) is 4.87. The molecule has 0 aromatic rings. The predicted molar refractivity (Wildman–Crippen MR) is 62.0 cm³/mol. The average Bonchev–Trinajstić information content (AvgIpc) is 2.00. The first-order chi connectivity index (χ1) is 6.81. The van der Waals surface area contributed by atoms with Crippen molar-refractivity contribution in [3.63, 3.8) is 0 Å². The Hall–Kier alpha value is -0.710. The zero-order valence-electron chi connectivity index (χ0n) is 9.50. The molecule has 0 atom stereocenters. The number of hydrogen-bond donors (Lipinski definition) is 2. The molecule has 0 unspecified atom stereocenters. The topological polar surface area (TPSA) is 66.4 Å². The van der Waals surface area contributed by atoms with Crippen LogP contribution in [0.3, 0.4) is 0 Å².